The highest BCUT2D eigenvalue weighted by Gasteiger charge is 2.22. The van der Waals surface area contributed by atoms with E-state index in [-0.39, 0.29) is 0 Å². The fourth-order valence-electron chi connectivity index (χ4n) is 0.823. The van der Waals surface area contributed by atoms with Crippen LogP contribution < -0.4 is 10.6 Å². The highest BCUT2D eigenvalue weighted by molar-refractivity contribution is 5.86. The van der Waals surface area contributed by atoms with E-state index in [0.29, 0.717) is 13.0 Å². The molecule has 4 N–H and O–H groups in total. The third-order valence-corrected chi connectivity index (χ3v) is 1.52. The molecule has 15 heavy (non-hydrogen) atoms. The zero-order chi connectivity index (χ0) is 11.8. The summed E-state index contributed by atoms with van der Waals surface area (Å²) in [6, 6.07) is -2.08. The molecule has 0 unspecified atom stereocenters. The molecule has 0 aromatic carbocycles. The second kappa shape index (κ2) is 6.63. The zero-order valence-corrected chi connectivity index (χ0v) is 8.32. The molecule has 0 aromatic rings. The van der Waals surface area contributed by atoms with Gasteiger partial charge in [0.05, 0.1) is 6.42 Å². The van der Waals surface area contributed by atoms with Gasteiger partial charge in [-0.2, -0.15) is 0 Å². The van der Waals surface area contributed by atoms with Crippen molar-refractivity contribution < 1.29 is 24.6 Å². The van der Waals surface area contributed by atoms with E-state index < -0.39 is 30.4 Å². The van der Waals surface area contributed by atoms with Crippen LogP contribution in [-0.4, -0.2) is 40.8 Å². The van der Waals surface area contributed by atoms with Crippen LogP contribution in [0.25, 0.3) is 0 Å². The van der Waals surface area contributed by atoms with Gasteiger partial charge in [0.15, 0.2) is 0 Å². The summed E-state index contributed by atoms with van der Waals surface area (Å²) >= 11 is 0. The number of carboxylic acids is 2. The van der Waals surface area contributed by atoms with Crippen molar-refractivity contribution >= 4 is 18.0 Å². The molecule has 0 aromatic heterocycles. The molecule has 2 amide bonds. The number of rotatable bonds is 6. The van der Waals surface area contributed by atoms with Crippen LogP contribution in [0.15, 0.2) is 0 Å². The van der Waals surface area contributed by atoms with E-state index in [1.807, 2.05) is 6.92 Å². The lowest BCUT2D eigenvalue weighted by Crippen LogP contribution is -2.47. The number of nitrogens with one attached hydrogen (secondary N) is 2. The Bertz CT molecular complexity index is 253. The Labute approximate surface area is 86.5 Å². The molecule has 0 aliphatic heterocycles. The van der Waals surface area contributed by atoms with Crippen LogP contribution in [0.4, 0.5) is 4.79 Å². The van der Waals surface area contributed by atoms with Gasteiger partial charge in [-0.1, -0.05) is 6.92 Å². The average molecular weight is 218 g/mol. The van der Waals surface area contributed by atoms with Crippen molar-refractivity contribution in [3.8, 4) is 0 Å². The van der Waals surface area contributed by atoms with Gasteiger partial charge in [0.25, 0.3) is 0 Å². The Morgan fingerprint density at radius 3 is 2.27 bits per heavy atom. The number of aliphatic carboxylic acids is 2. The number of carbonyl (C=O) groups is 3. The first-order chi connectivity index (χ1) is 6.97. The molecule has 0 aliphatic rings. The van der Waals surface area contributed by atoms with Crippen LogP contribution in [0.2, 0.25) is 0 Å². The quantitative estimate of drug-likeness (QED) is 0.485. The van der Waals surface area contributed by atoms with Crippen molar-refractivity contribution in [1.82, 2.24) is 10.6 Å². The van der Waals surface area contributed by atoms with Gasteiger partial charge >= 0.3 is 18.0 Å². The predicted molar refractivity (Wildman–Crippen MR) is 50.5 cm³/mol. The highest BCUT2D eigenvalue weighted by atomic mass is 16.4. The number of carbonyl (C=O) groups excluding carboxylic acids is 1. The predicted octanol–water partition coefficient (Wildman–Crippen LogP) is -0.376. The van der Waals surface area contributed by atoms with E-state index in [2.05, 4.69) is 10.6 Å². The number of hydrogen-bond acceptors (Lipinski definition) is 3. The van der Waals surface area contributed by atoms with Gasteiger partial charge in [0.1, 0.15) is 6.04 Å². The summed E-state index contributed by atoms with van der Waals surface area (Å²) in [5.74, 6) is -2.65. The minimum absolute atomic E-state index is 0.408. The van der Waals surface area contributed by atoms with E-state index in [9.17, 15) is 14.4 Å². The third kappa shape index (κ3) is 6.30. The highest BCUT2D eigenvalue weighted by Crippen LogP contribution is 1.92. The van der Waals surface area contributed by atoms with Gasteiger partial charge in [-0.15, -0.1) is 0 Å². The molecule has 0 fully saturated rings. The summed E-state index contributed by atoms with van der Waals surface area (Å²) < 4.78 is 0. The Balaban J connectivity index is 4.10. The fraction of sp³-hybridized carbons (Fsp3) is 0.625. The number of amides is 2. The van der Waals surface area contributed by atoms with Crippen LogP contribution in [0.3, 0.4) is 0 Å². The summed E-state index contributed by atoms with van der Waals surface area (Å²) in [5, 5.41) is 21.4. The average Bonchev–Trinajstić information content (AvgIpc) is 2.12. The molecule has 0 spiro atoms. The van der Waals surface area contributed by atoms with Gasteiger partial charge in [-0.3, -0.25) is 4.79 Å². The number of carboxylic acid groups (broad SMARTS) is 2. The molecular weight excluding hydrogens is 204 g/mol. The van der Waals surface area contributed by atoms with E-state index in [1.165, 1.54) is 0 Å². The Kier molecular flexibility index (Phi) is 5.84. The first kappa shape index (κ1) is 13.2. The lowest BCUT2D eigenvalue weighted by atomic mass is 10.2. The lowest BCUT2D eigenvalue weighted by molar-refractivity contribution is -0.145. The topological polar surface area (TPSA) is 116 Å². The zero-order valence-electron chi connectivity index (χ0n) is 8.32. The summed E-state index contributed by atoms with van der Waals surface area (Å²) in [4.78, 5) is 31.8. The van der Waals surface area contributed by atoms with Crippen LogP contribution in [0, 0.1) is 0 Å². The molecule has 7 heteroatoms. The number of hydrogen-bond donors (Lipinski definition) is 4. The Hall–Kier alpha value is -1.79. The van der Waals surface area contributed by atoms with Crippen LogP contribution in [0.5, 0.6) is 0 Å². The Morgan fingerprint density at radius 2 is 1.87 bits per heavy atom. The van der Waals surface area contributed by atoms with Crippen molar-refractivity contribution in [2.24, 2.45) is 0 Å². The molecule has 86 valence electrons. The largest absolute Gasteiger partial charge is 0.481 e. The standard InChI is InChI=1S/C8H14N2O5/c1-2-3-9-8(15)10-5(7(13)14)4-6(11)12/h5H,2-4H2,1H3,(H,11,12)(H,13,14)(H2,9,10,15)/t5-/m0/s1. The molecule has 0 saturated heterocycles. The maximum Gasteiger partial charge on any atom is 0.326 e. The van der Waals surface area contributed by atoms with Gasteiger partial charge in [0.2, 0.25) is 0 Å². The molecule has 7 nitrogen and oxygen atoms in total. The smallest absolute Gasteiger partial charge is 0.326 e. The normalized spacial score (nSPS) is 11.5. The molecule has 0 saturated carbocycles. The summed E-state index contributed by atoms with van der Waals surface area (Å²) in [6.07, 6.45) is 0.0684. The van der Waals surface area contributed by atoms with Crippen molar-refractivity contribution in [3.63, 3.8) is 0 Å². The molecule has 0 bridgehead atoms. The minimum atomic E-state index is -1.40. The summed E-state index contributed by atoms with van der Waals surface area (Å²) in [7, 11) is 0. The molecule has 1 atom stereocenters. The molecule has 0 aliphatic carbocycles. The molecular formula is C8H14N2O5. The monoisotopic (exact) mass is 218 g/mol. The first-order valence-electron chi connectivity index (χ1n) is 4.46. The van der Waals surface area contributed by atoms with Crippen LogP contribution >= 0.6 is 0 Å². The van der Waals surface area contributed by atoms with Gasteiger partial charge in [0, 0.05) is 6.54 Å². The first-order valence-corrected chi connectivity index (χ1v) is 4.46. The fourth-order valence-corrected chi connectivity index (χ4v) is 0.823. The van der Waals surface area contributed by atoms with Crippen molar-refractivity contribution in [2.45, 2.75) is 25.8 Å². The molecule has 0 rings (SSSR count). The molecule has 0 heterocycles. The van der Waals surface area contributed by atoms with E-state index in [4.69, 9.17) is 10.2 Å². The van der Waals surface area contributed by atoms with Crippen molar-refractivity contribution in [1.29, 1.82) is 0 Å². The summed E-state index contributed by atoms with van der Waals surface area (Å²) in [5.41, 5.74) is 0. The molecule has 0 radical (unpaired) electrons. The van der Waals surface area contributed by atoms with Gasteiger partial charge in [-0.05, 0) is 6.42 Å². The van der Waals surface area contributed by atoms with Crippen molar-refractivity contribution in [2.75, 3.05) is 6.54 Å². The Morgan fingerprint density at radius 1 is 1.27 bits per heavy atom. The van der Waals surface area contributed by atoms with Gasteiger partial charge in [-0.25, -0.2) is 9.59 Å². The van der Waals surface area contributed by atoms with E-state index >= 15 is 0 Å². The second-order valence-corrected chi connectivity index (χ2v) is 2.89. The maximum atomic E-state index is 11.0. The van der Waals surface area contributed by atoms with Crippen LogP contribution in [-0.2, 0) is 9.59 Å². The van der Waals surface area contributed by atoms with Crippen LogP contribution in [0.1, 0.15) is 19.8 Å². The SMILES string of the molecule is CCCNC(=O)N[C@@H](CC(=O)O)C(=O)O. The maximum absolute atomic E-state index is 11.0. The van der Waals surface area contributed by atoms with E-state index in [0.717, 1.165) is 0 Å². The number of urea groups is 1. The lowest BCUT2D eigenvalue weighted by Gasteiger charge is -2.12. The minimum Gasteiger partial charge on any atom is -0.481 e. The van der Waals surface area contributed by atoms with E-state index in [1.54, 1.807) is 0 Å². The van der Waals surface area contributed by atoms with Crippen molar-refractivity contribution in [3.05, 3.63) is 0 Å². The second-order valence-electron chi connectivity index (χ2n) is 2.89. The third-order valence-electron chi connectivity index (χ3n) is 1.52. The summed E-state index contributed by atoms with van der Waals surface area (Å²) in [6.45, 7) is 2.25. The van der Waals surface area contributed by atoms with Gasteiger partial charge < -0.3 is 20.8 Å².